The zero-order valence-corrected chi connectivity index (χ0v) is 8.88. The maximum absolute atomic E-state index is 11.7. The first-order valence-corrected chi connectivity index (χ1v) is 5.57. The van der Waals surface area contributed by atoms with Crippen molar-refractivity contribution in [1.29, 1.82) is 0 Å². The second-order valence-corrected chi connectivity index (χ2v) is 4.69. The van der Waals surface area contributed by atoms with E-state index in [9.17, 15) is 18.0 Å². The number of thioether (sulfide) groups is 1. The molecule has 0 aromatic rings. The minimum Gasteiger partial charge on any atom is -0.355 e. The summed E-state index contributed by atoms with van der Waals surface area (Å²) >= 11 is -0.132. The molecule has 0 aliphatic heterocycles. The molecule has 0 heterocycles. The predicted molar refractivity (Wildman–Crippen MR) is 52.2 cm³/mol. The molecule has 0 spiro atoms. The van der Waals surface area contributed by atoms with Gasteiger partial charge in [0.15, 0.2) is 0 Å². The van der Waals surface area contributed by atoms with Gasteiger partial charge in [-0.3, -0.25) is 4.79 Å². The maximum atomic E-state index is 11.7. The Hall–Kier alpha value is -0.430. The smallest absolute Gasteiger partial charge is 0.355 e. The van der Waals surface area contributed by atoms with Crippen LogP contribution in [-0.4, -0.2) is 30.3 Å². The normalized spacial score (nSPS) is 18.7. The quantitative estimate of drug-likeness (QED) is 0.710. The second-order valence-electron chi connectivity index (χ2n) is 3.53. The molecule has 0 radical (unpaired) electrons. The molecular formula is C8H13F3N2OS. The lowest BCUT2D eigenvalue weighted by atomic mass is 10.1. The van der Waals surface area contributed by atoms with Gasteiger partial charge in [-0.05, 0) is 24.6 Å². The van der Waals surface area contributed by atoms with Gasteiger partial charge in [-0.15, -0.1) is 0 Å². The van der Waals surface area contributed by atoms with E-state index < -0.39 is 10.9 Å². The topological polar surface area (TPSA) is 55.1 Å². The largest absolute Gasteiger partial charge is 0.441 e. The molecule has 1 aliphatic carbocycles. The molecule has 1 saturated carbocycles. The Balaban J connectivity index is 2.13. The first-order chi connectivity index (χ1) is 6.90. The molecule has 7 heteroatoms. The fraction of sp³-hybridized carbons (Fsp3) is 0.875. The van der Waals surface area contributed by atoms with E-state index in [0.29, 0.717) is 0 Å². The van der Waals surface area contributed by atoms with Crippen LogP contribution >= 0.6 is 11.8 Å². The lowest BCUT2D eigenvalue weighted by Gasteiger charge is -2.12. The third-order valence-corrected chi connectivity index (χ3v) is 3.11. The van der Waals surface area contributed by atoms with Crippen molar-refractivity contribution in [3.63, 3.8) is 0 Å². The summed E-state index contributed by atoms with van der Waals surface area (Å²) in [5, 5.41) is 2.47. The number of nitrogens with two attached hydrogens (primary N) is 1. The van der Waals surface area contributed by atoms with Crippen molar-refractivity contribution in [3.05, 3.63) is 0 Å². The zero-order chi connectivity index (χ0) is 11.5. The van der Waals surface area contributed by atoms with Gasteiger partial charge in [0.2, 0.25) is 5.91 Å². The fourth-order valence-corrected chi connectivity index (χ4v) is 1.63. The Bertz CT molecular complexity index is 241. The molecule has 15 heavy (non-hydrogen) atoms. The van der Waals surface area contributed by atoms with Gasteiger partial charge in [-0.2, -0.15) is 13.2 Å². The van der Waals surface area contributed by atoms with E-state index in [1.807, 2.05) is 0 Å². The number of carbonyl (C=O) groups excluding carboxylic acids is 1. The molecule has 1 fully saturated rings. The monoisotopic (exact) mass is 242 g/mol. The summed E-state index contributed by atoms with van der Waals surface area (Å²) in [6, 6.07) is 0. The number of nitrogens with one attached hydrogen (secondary N) is 1. The van der Waals surface area contributed by atoms with E-state index in [0.717, 1.165) is 12.8 Å². The third kappa shape index (κ3) is 3.90. The van der Waals surface area contributed by atoms with Crippen LogP contribution in [0.3, 0.4) is 0 Å². The average Bonchev–Trinajstić information content (AvgIpc) is 2.91. The lowest BCUT2D eigenvalue weighted by molar-refractivity contribution is -0.125. The highest BCUT2D eigenvalue weighted by Gasteiger charge is 2.48. The van der Waals surface area contributed by atoms with E-state index in [4.69, 9.17) is 5.73 Å². The third-order valence-electron chi connectivity index (χ3n) is 2.38. The fourth-order valence-electron chi connectivity index (χ4n) is 1.19. The lowest BCUT2D eigenvalue weighted by Crippen LogP contribution is -2.37. The molecule has 1 amide bonds. The number of rotatable bonds is 5. The van der Waals surface area contributed by atoms with Crippen LogP contribution in [0.4, 0.5) is 13.2 Å². The Morgan fingerprint density at radius 2 is 2.07 bits per heavy atom. The molecule has 0 aromatic heterocycles. The summed E-state index contributed by atoms with van der Waals surface area (Å²) in [5.74, 6) is -0.372. The van der Waals surface area contributed by atoms with Crippen LogP contribution in [0.25, 0.3) is 0 Å². The molecule has 0 unspecified atom stereocenters. The Labute approximate surface area is 90.0 Å². The summed E-state index contributed by atoms with van der Waals surface area (Å²) in [4.78, 5) is 11.4. The number of hydrogen-bond acceptors (Lipinski definition) is 3. The van der Waals surface area contributed by atoms with Gasteiger partial charge in [-0.1, -0.05) is 0 Å². The summed E-state index contributed by atoms with van der Waals surface area (Å²) in [6.07, 6.45) is 1.48. The van der Waals surface area contributed by atoms with Crippen LogP contribution < -0.4 is 11.1 Å². The van der Waals surface area contributed by atoms with E-state index in [1.54, 1.807) is 0 Å². The highest BCUT2D eigenvalue weighted by atomic mass is 32.2. The van der Waals surface area contributed by atoms with Crippen LogP contribution in [0.1, 0.15) is 12.8 Å². The van der Waals surface area contributed by atoms with E-state index in [-0.39, 0.29) is 36.5 Å². The Morgan fingerprint density at radius 1 is 1.47 bits per heavy atom. The number of hydrogen-bond donors (Lipinski definition) is 2. The predicted octanol–water partition coefficient (Wildman–Crippen LogP) is 1.09. The highest BCUT2D eigenvalue weighted by molar-refractivity contribution is 8.00. The van der Waals surface area contributed by atoms with Gasteiger partial charge >= 0.3 is 5.51 Å². The first-order valence-electron chi connectivity index (χ1n) is 4.59. The Kier molecular flexibility index (Phi) is 3.88. The van der Waals surface area contributed by atoms with Gasteiger partial charge in [0.1, 0.15) is 0 Å². The summed E-state index contributed by atoms with van der Waals surface area (Å²) in [6.45, 7) is 0.302. The maximum Gasteiger partial charge on any atom is 0.441 e. The standard InChI is InChI=1S/C8H13F3N2OS/c9-8(10,11)15-4-3-13-6(14)7(5-12)1-2-7/h1-5,12H2,(H,13,14). The molecule has 0 bridgehead atoms. The average molecular weight is 242 g/mol. The number of alkyl halides is 3. The van der Waals surface area contributed by atoms with Crippen molar-refractivity contribution >= 4 is 17.7 Å². The van der Waals surface area contributed by atoms with Gasteiger partial charge < -0.3 is 11.1 Å². The van der Waals surface area contributed by atoms with E-state index in [2.05, 4.69) is 5.32 Å². The van der Waals surface area contributed by atoms with Crippen LogP contribution in [0, 0.1) is 5.41 Å². The van der Waals surface area contributed by atoms with Crippen LogP contribution in [-0.2, 0) is 4.79 Å². The minimum absolute atomic E-state index is 0.0325. The van der Waals surface area contributed by atoms with Crippen molar-refractivity contribution in [3.8, 4) is 0 Å². The van der Waals surface area contributed by atoms with Crippen LogP contribution in [0.2, 0.25) is 0 Å². The summed E-state index contributed by atoms with van der Waals surface area (Å²) in [7, 11) is 0. The van der Waals surface area contributed by atoms with Gasteiger partial charge in [0, 0.05) is 18.8 Å². The Morgan fingerprint density at radius 3 is 2.47 bits per heavy atom. The summed E-state index contributed by atoms with van der Waals surface area (Å²) < 4.78 is 35.2. The second kappa shape index (κ2) is 4.61. The molecule has 1 rings (SSSR count). The highest BCUT2D eigenvalue weighted by Crippen LogP contribution is 2.44. The molecule has 0 atom stereocenters. The van der Waals surface area contributed by atoms with Gasteiger partial charge in [0.05, 0.1) is 5.41 Å². The van der Waals surface area contributed by atoms with Gasteiger partial charge in [-0.25, -0.2) is 0 Å². The van der Waals surface area contributed by atoms with E-state index >= 15 is 0 Å². The minimum atomic E-state index is -4.23. The number of carbonyl (C=O) groups is 1. The molecule has 3 N–H and O–H groups in total. The van der Waals surface area contributed by atoms with Crippen molar-refractivity contribution < 1.29 is 18.0 Å². The first kappa shape index (κ1) is 12.6. The van der Waals surface area contributed by atoms with E-state index in [1.165, 1.54) is 0 Å². The number of halogens is 3. The molecule has 1 aliphatic rings. The SMILES string of the molecule is NCC1(C(=O)NCCSC(F)(F)F)CC1. The summed E-state index contributed by atoms with van der Waals surface area (Å²) in [5.41, 5.74) is 0.688. The number of amides is 1. The van der Waals surface area contributed by atoms with Crippen molar-refractivity contribution in [2.45, 2.75) is 18.3 Å². The molecular weight excluding hydrogens is 229 g/mol. The zero-order valence-electron chi connectivity index (χ0n) is 8.06. The van der Waals surface area contributed by atoms with Crippen LogP contribution in [0.15, 0.2) is 0 Å². The molecule has 3 nitrogen and oxygen atoms in total. The van der Waals surface area contributed by atoms with Crippen LogP contribution in [0.5, 0.6) is 0 Å². The molecule has 0 saturated heterocycles. The van der Waals surface area contributed by atoms with Crippen molar-refractivity contribution in [2.75, 3.05) is 18.8 Å². The molecule has 88 valence electrons. The van der Waals surface area contributed by atoms with Gasteiger partial charge in [0.25, 0.3) is 0 Å². The van der Waals surface area contributed by atoms with Crippen molar-refractivity contribution in [2.24, 2.45) is 11.1 Å². The van der Waals surface area contributed by atoms with Crippen molar-refractivity contribution in [1.82, 2.24) is 5.32 Å². The molecule has 0 aromatic carbocycles.